The van der Waals surface area contributed by atoms with E-state index in [1.807, 2.05) is 0 Å². The van der Waals surface area contributed by atoms with Gasteiger partial charge in [-0.1, -0.05) is 12.1 Å². The molecule has 0 unspecified atom stereocenters. The molecule has 0 radical (unpaired) electrons. The zero-order chi connectivity index (χ0) is 20.8. The van der Waals surface area contributed by atoms with Crippen LogP contribution in [0.4, 0.5) is 32.6 Å². The zero-order valence-electron chi connectivity index (χ0n) is 15.1. The van der Waals surface area contributed by atoms with Gasteiger partial charge in [0, 0.05) is 25.2 Å². The van der Waals surface area contributed by atoms with E-state index in [1.54, 1.807) is 6.20 Å². The fourth-order valence-electron chi connectivity index (χ4n) is 2.39. The second-order valence-corrected chi connectivity index (χ2v) is 6.39. The number of nitrogens with one attached hydrogen (secondary N) is 1. The number of carbonyl (C=O) groups excluding carboxylic acids is 1. The standard InChI is InChI=1S/C18H20F5N3O2/c1-17(19,20)8-2-3-9-26-10-7-15(25-26)24-16(27)28-12-13-5-4-6-14(11-13)18(21,22)23/h4-7,10-11H,2-3,8-9,12H2,1H3,(H,24,25,27). The van der Waals surface area contributed by atoms with E-state index >= 15 is 0 Å². The molecule has 2 rings (SSSR count). The quantitative estimate of drug-likeness (QED) is 0.468. The largest absolute Gasteiger partial charge is 0.444 e. The molecule has 5 nitrogen and oxygen atoms in total. The van der Waals surface area contributed by atoms with Crippen LogP contribution in [0.25, 0.3) is 0 Å². The second-order valence-electron chi connectivity index (χ2n) is 6.39. The molecule has 1 amide bonds. The van der Waals surface area contributed by atoms with Gasteiger partial charge in [0.25, 0.3) is 0 Å². The fourth-order valence-corrected chi connectivity index (χ4v) is 2.39. The summed E-state index contributed by atoms with van der Waals surface area (Å²) in [7, 11) is 0. The number of unbranched alkanes of at least 4 members (excludes halogenated alkanes) is 1. The van der Waals surface area contributed by atoms with Gasteiger partial charge in [0.15, 0.2) is 5.82 Å². The number of rotatable bonds is 8. The maximum atomic E-state index is 12.7. The van der Waals surface area contributed by atoms with Crippen molar-refractivity contribution in [3.63, 3.8) is 0 Å². The van der Waals surface area contributed by atoms with E-state index in [0.717, 1.165) is 19.1 Å². The normalized spacial score (nSPS) is 12.1. The van der Waals surface area contributed by atoms with E-state index in [-0.39, 0.29) is 24.4 Å². The van der Waals surface area contributed by atoms with Crippen molar-refractivity contribution in [3.8, 4) is 0 Å². The number of halogens is 5. The third kappa shape index (κ3) is 7.53. The predicted octanol–water partition coefficient (Wildman–Crippen LogP) is 5.48. The van der Waals surface area contributed by atoms with Crippen LogP contribution in [-0.4, -0.2) is 21.8 Å². The molecular weight excluding hydrogens is 385 g/mol. The van der Waals surface area contributed by atoms with Crippen LogP contribution >= 0.6 is 0 Å². The highest BCUT2D eigenvalue weighted by Gasteiger charge is 2.30. The van der Waals surface area contributed by atoms with Crippen molar-refractivity contribution in [2.24, 2.45) is 0 Å². The maximum absolute atomic E-state index is 12.7. The third-order valence-electron chi connectivity index (χ3n) is 3.75. The number of nitrogens with zero attached hydrogens (tertiary/aromatic N) is 2. The first-order valence-electron chi connectivity index (χ1n) is 8.54. The van der Waals surface area contributed by atoms with Crippen molar-refractivity contribution in [3.05, 3.63) is 47.7 Å². The zero-order valence-corrected chi connectivity index (χ0v) is 15.1. The van der Waals surface area contributed by atoms with Gasteiger partial charge in [0.2, 0.25) is 5.92 Å². The Morgan fingerprint density at radius 1 is 1.18 bits per heavy atom. The summed E-state index contributed by atoms with van der Waals surface area (Å²) >= 11 is 0. The summed E-state index contributed by atoms with van der Waals surface area (Å²) in [6.07, 6.45) is -3.13. The van der Waals surface area contributed by atoms with Crippen molar-refractivity contribution >= 4 is 11.9 Å². The molecule has 1 heterocycles. The number of amides is 1. The Morgan fingerprint density at radius 3 is 2.61 bits per heavy atom. The summed E-state index contributed by atoms with van der Waals surface area (Å²) in [5.74, 6) is -2.50. The lowest BCUT2D eigenvalue weighted by atomic mass is 10.1. The molecule has 10 heteroatoms. The lowest BCUT2D eigenvalue weighted by molar-refractivity contribution is -0.137. The highest BCUT2D eigenvalue weighted by molar-refractivity contribution is 5.83. The van der Waals surface area contributed by atoms with E-state index in [9.17, 15) is 26.7 Å². The van der Waals surface area contributed by atoms with Gasteiger partial charge >= 0.3 is 12.3 Å². The Labute approximate surface area is 158 Å². The summed E-state index contributed by atoms with van der Waals surface area (Å²) in [6, 6.07) is 5.98. The number of ether oxygens (including phenoxy) is 1. The molecule has 154 valence electrons. The van der Waals surface area contributed by atoms with Crippen LogP contribution in [0, 0.1) is 0 Å². The average molecular weight is 405 g/mol. The molecule has 0 saturated heterocycles. The summed E-state index contributed by atoms with van der Waals surface area (Å²) in [4.78, 5) is 11.8. The average Bonchev–Trinajstić information content (AvgIpc) is 3.03. The second kappa shape index (κ2) is 9.03. The van der Waals surface area contributed by atoms with Gasteiger partial charge in [0.1, 0.15) is 6.61 Å². The Kier molecular flexibility index (Phi) is 6.98. The van der Waals surface area contributed by atoms with Crippen molar-refractivity contribution in [2.45, 2.75) is 51.4 Å². The number of carbonyl (C=O) groups is 1. The Hall–Kier alpha value is -2.65. The first-order valence-corrected chi connectivity index (χ1v) is 8.54. The molecule has 0 bridgehead atoms. The van der Waals surface area contributed by atoms with Crippen LogP contribution in [-0.2, 0) is 24.1 Å². The molecule has 0 atom stereocenters. The van der Waals surface area contributed by atoms with E-state index in [4.69, 9.17) is 4.74 Å². The van der Waals surface area contributed by atoms with Gasteiger partial charge in [-0.25, -0.2) is 13.6 Å². The lowest BCUT2D eigenvalue weighted by Crippen LogP contribution is -2.14. The molecule has 1 N–H and O–H groups in total. The Balaban J connectivity index is 1.77. The molecule has 2 aromatic rings. The molecule has 1 aromatic heterocycles. The summed E-state index contributed by atoms with van der Waals surface area (Å²) in [5.41, 5.74) is -0.628. The molecule has 0 aliphatic carbocycles. The Bertz CT molecular complexity index is 784. The van der Waals surface area contributed by atoms with Gasteiger partial charge in [0.05, 0.1) is 5.56 Å². The lowest BCUT2D eigenvalue weighted by Gasteiger charge is -2.09. The number of benzene rings is 1. The van der Waals surface area contributed by atoms with Crippen LogP contribution in [0.1, 0.15) is 37.3 Å². The molecule has 0 aliphatic rings. The molecule has 1 aromatic carbocycles. The monoisotopic (exact) mass is 405 g/mol. The molecular formula is C18H20F5N3O2. The molecule has 0 spiro atoms. The summed E-state index contributed by atoms with van der Waals surface area (Å²) in [5, 5.41) is 6.41. The highest BCUT2D eigenvalue weighted by Crippen LogP contribution is 2.29. The minimum atomic E-state index is -4.47. The van der Waals surface area contributed by atoms with Crippen molar-refractivity contribution in [1.82, 2.24) is 9.78 Å². The maximum Gasteiger partial charge on any atom is 0.416 e. The van der Waals surface area contributed by atoms with Crippen LogP contribution in [0.5, 0.6) is 0 Å². The molecule has 0 aliphatic heterocycles. The van der Waals surface area contributed by atoms with Crippen molar-refractivity contribution in [1.29, 1.82) is 0 Å². The number of aryl methyl sites for hydroxylation is 1. The summed E-state index contributed by atoms with van der Waals surface area (Å²) in [6.45, 7) is 0.951. The van der Waals surface area contributed by atoms with Crippen LogP contribution < -0.4 is 5.32 Å². The van der Waals surface area contributed by atoms with Crippen molar-refractivity contribution in [2.75, 3.05) is 5.32 Å². The topological polar surface area (TPSA) is 56.2 Å². The van der Waals surface area contributed by atoms with Crippen molar-refractivity contribution < 1.29 is 31.5 Å². The van der Waals surface area contributed by atoms with Gasteiger partial charge in [-0.3, -0.25) is 10.00 Å². The number of hydrogen-bond acceptors (Lipinski definition) is 3. The first-order chi connectivity index (χ1) is 13.0. The smallest absolute Gasteiger partial charge is 0.416 e. The van der Waals surface area contributed by atoms with Crippen LogP contribution in [0.3, 0.4) is 0 Å². The number of alkyl halides is 5. The molecule has 28 heavy (non-hydrogen) atoms. The fraction of sp³-hybridized carbons (Fsp3) is 0.444. The number of anilines is 1. The van der Waals surface area contributed by atoms with E-state index in [2.05, 4.69) is 10.4 Å². The minimum absolute atomic E-state index is 0.190. The minimum Gasteiger partial charge on any atom is -0.444 e. The molecule has 0 saturated carbocycles. The SMILES string of the molecule is CC(F)(F)CCCCn1ccc(NC(=O)OCc2cccc(C(F)(F)F)c2)n1. The van der Waals surface area contributed by atoms with Gasteiger partial charge < -0.3 is 4.74 Å². The number of hydrogen-bond donors (Lipinski definition) is 1. The van der Waals surface area contributed by atoms with E-state index in [0.29, 0.717) is 19.4 Å². The highest BCUT2D eigenvalue weighted by atomic mass is 19.4. The molecule has 0 fully saturated rings. The first kappa shape index (κ1) is 21.6. The van der Waals surface area contributed by atoms with Gasteiger partial charge in [-0.2, -0.15) is 18.3 Å². The summed E-state index contributed by atoms with van der Waals surface area (Å²) < 4.78 is 69.8. The van der Waals surface area contributed by atoms with Crippen LogP contribution in [0.15, 0.2) is 36.5 Å². The predicted molar refractivity (Wildman–Crippen MR) is 92.0 cm³/mol. The van der Waals surface area contributed by atoms with E-state index in [1.165, 1.54) is 22.9 Å². The van der Waals surface area contributed by atoms with E-state index < -0.39 is 23.8 Å². The Morgan fingerprint density at radius 2 is 1.93 bits per heavy atom. The third-order valence-corrected chi connectivity index (χ3v) is 3.75. The number of aromatic nitrogens is 2. The van der Waals surface area contributed by atoms with Gasteiger partial charge in [-0.05, 0) is 37.5 Å². The van der Waals surface area contributed by atoms with Gasteiger partial charge in [-0.15, -0.1) is 0 Å². The van der Waals surface area contributed by atoms with Crippen LogP contribution in [0.2, 0.25) is 0 Å².